The van der Waals surface area contributed by atoms with Crippen LogP contribution in [0.5, 0.6) is 0 Å². The van der Waals surface area contributed by atoms with Crippen LogP contribution in [0.15, 0.2) is 78.9 Å². The van der Waals surface area contributed by atoms with Crippen LogP contribution in [0.3, 0.4) is 0 Å². The van der Waals surface area contributed by atoms with Gasteiger partial charge < -0.3 is 10.2 Å². The Morgan fingerprint density at radius 3 is 1.97 bits per heavy atom. The van der Waals surface area contributed by atoms with Gasteiger partial charge in [-0.2, -0.15) is 0 Å². The lowest BCUT2D eigenvalue weighted by Crippen LogP contribution is -2.52. The maximum Gasteiger partial charge on any atom is 0.243 e. The molecule has 3 aromatic rings. The largest absolute Gasteiger partial charge is 0.352 e. The Morgan fingerprint density at radius 2 is 1.39 bits per heavy atom. The zero-order valence-electron chi connectivity index (χ0n) is 20.0. The normalized spacial score (nSPS) is 11.8. The SMILES string of the molecule is Cc1ccc(CC(=O)N(Cc2ccccc2)[C@@H](Cc2ccccc2)C(=O)NC(C)C)cc1C. The smallest absolute Gasteiger partial charge is 0.243 e. The van der Waals surface area contributed by atoms with Crippen LogP contribution in [0.1, 0.15) is 41.7 Å². The number of benzene rings is 3. The molecule has 4 heteroatoms. The van der Waals surface area contributed by atoms with Crippen molar-refractivity contribution in [2.75, 3.05) is 0 Å². The lowest BCUT2D eigenvalue weighted by Gasteiger charge is -2.32. The zero-order valence-corrected chi connectivity index (χ0v) is 20.0. The molecule has 0 radical (unpaired) electrons. The number of nitrogens with one attached hydrogen (secondary N) is 1. The molecule has 1 atom stereocenters. The van der Waals surface area contributed by atoms with Crippen molar-refractivity contribution >= 4 is 11.8 Å². The molecule has 0 heterocycles. The number of nitrogens with zero attached hydrogens (tertiary/aromatic N) is 1. The third-order valence-corrected chi connectivity index (χ3v) is 5.82. The summed E-state index contributed by atoms with van der Waals surface area (Å²) in [6.07, 6.45) is 0.721. The van der Waals surface area contributed by atoms with Crippen LogP contribution in [0, 0.1) is 13.8 Å². The summed E-state index contributed by atoms with van der Waals surface area (Å²) < 4.78 is 0. The average molecular weight is 443 g/mol. The molecule has 33 heavy (non-hydrogen) atoms. The number of aryl methyl sites for hydroxylation is 2. The van der Waals surface area contributed by atoms with E-state index in [-0.39, 0.29) is 24.3 Å². The number of carbonyl (C=O) groups excluding carboxylic acids is 2. The maximum atomic E-state index is 13.7. The van der Waals surface area contributed by atoms with Gasteiger partial charge in [-0.05, 0) is 55.5 Å². The zero-order chi connectivity index (χ0) is 23.8. The molecule has 2 amide bonds. The van der Waals surface area contributed by atoms with Crippen molar-refractivity contribution in [3.8, 4) is 0 Å². The predicted octanol–water partition coefficient (Wildman–Crippen LogP) is 5.01. The highest BCUT2D eigenvalue weighted by molar-refractivity contribution is 5.89. The van der Waals surface area contributed by atoms with E-state index < -0.39 is 6.04 Å². The van der Waals surface area contributed by atoms with E-state index in [1.165, 1.54) is 5.56 Å². The van der Waals surface area contributed by atoms with E-state index in [1.807, 2.05) is 86.6 Å². The minimum absolute atomic E-state index is 0.0100. The molecule has 0 spiro atoms. The van der Waals surface area contributed by atoms with Crippen molar-refractivity contribution in [1.82, 2.24) is 10.2 Å². The fourth-order valence-electron chi connectivity index (χ4n) is 3.90. The van der Waals surface area contributed by atoms with Gasteiger partial charge in [0.2, 0.25) is 11.8 Å². The van der Waals surface area contributed by atoms with Crippen molar-refractivity contribution in [3.63, 3.8) is 0 Å². The summed E-state index contributed by atoms with van der Waals surface area (Å²) in [7, 11) is 0. The molecule has 0 aliphatic carbocycles. The highest BCUT2D eigenvalue weighted by atomic mass is 16.2. The Morgan fingerprint density at radius 1 is 0.788 bits per heavy atom. The summed E-state index contributed by atoms with van der Waals surface area (Å²) in [4.78, 5) is 28.8. The number of carbonyl (C=O) groups is 2. The Balaban J connectivity index is 1.95. The van der Waals surface area contributed by atoms with E-state index in [4.69, 9.17) is 0 Å². The van der Waals surface area contributed by atoms with Crippen LogP contribution in [0.25, 0.3) is 0 Å². The summed E-state index contributed by atoms with van der Waals surface area (Å²) in [5.74, 6) is -0.180. The molecule has 0 unspecified atom stereocenters. The highest BCUT2D eigenvalue weighted by Gasteiger charge is 2.30. The van der Waals surface area contributed by atoms with Gasteiger partial charge in [-0.3, -0.25) is 9.59 Å². The van der Waals surface area contributed by atoms with Crippen LogP contribution in [0.4, 0.5) is 0 Å². The maximum absolute atomic E-state index is 13.7. The number of amides is 2. The molecule has 0 aliphatic heterocycles. The van der Waals surface area contributed by atoms with E-state index in [0.717, 1.165) is 22.3 Å². The second-order valence-electron chi connectivity index (χ2n) is 8.97. The summed E-state index contributed by atoms with van der Waals surface area (Å²) in [5.41, 5.74) is 5.35. The lowest BCUT2D eigenvalue weighted by molar-refractivity contribution is -0.141. The second kappa shape index (κ2) is 11.5. The average Bonchev–Trinajstić information content (AvgIpc) is 2.79. The molecular weight excluding hydrogens is 408 g/mol. The third-order valence-electron chi connectivity index (χ3n) is 5.82. The Bertz CT molecular complexity index is 1060. The number of hydrogen-bond donors (Lipinski definition) is 1. The van der Waals surface area contributed by atoms with Crippen molar-refractivity contribution in [3.05, 3.63) is 107 Å². The van der Waals surface area contributed by atoms with Gasteiger partial charge >= 0.3 is 0 Å². The summed E-state index contributed by atoms with van der Waals surface area (Å²) in [6, 6.07) is 25.3. The van der Waals surface area contributed by atoms with Gasteiger partial charge in [0.1, 0.15) is 6.04 Å². The topological polar surface area (TPSA) is 49.4 Å². The quantitative estimate of drug-likeness (QED) is 0.506. The van der Waals surface area contributed by atoms with Crippen LogP contribution in [-0.4, -0.2) is 28.8 Å². The molecule has 1 N–H and O–H groups in total. The first kappa shape index (κ1) is 24.2. The molecule has 3 aromatic carbocycles. The third kappa shape index (κ3) is 7.04. The van der Waals surface area contributed by atoms with Crippen molar-refractivity contribution in [2.24, 2.45) is 0 Å². The van der Waals surface area contributed by atoms with Gasteiger partial charge in [0.05, 0.1) is 6.42 Å². The molecule has 4 nitrogen and oxygen atoms in total. The Hall–Kier alpha value is -3.40. The summed E-state index contributed by atoms with van der Waals surface area (Å²) >= 11 is 0. The fourth-order valence-corrected chi connectivity index (χ4v) is 3.90. The van der Waals surface area contributed by atoms with E-state index >= 15 is 0 Å². The summed E-state index contributed by atoms with van der Waals surface area (Å²) in [5, 5.41) is 3.03. The first-order valence-electron chi connectivity index (χ1n) is 11.6. The van der Waals surface area contributed by atoms with Crippen LogP contribution < -0.4 is 5.32 Å². The molecule has 0 aromatic heterocycles. The van der Waals surface area contributed by atoms with Crippen LogP contribution in [0.2, 0.25) is 0 Å². The van der Waals surface area contributed by atoms with Gasteiger partial charge in [0.15, 0.2) is 0 Å². The van der Waals surface area contributed by atoms with Gasteiger partial charge in [-0.1, -0.05) is 78.9 Å². The molecule has 0 saturated heterocycles. The standard InChI is InChI=1S/C29H34N2O2/c1-21(2)30-29(33)27(18-24-11-7-5-8-12-24)31(20-25-13-9-6-10-14-25)28(32)19-26-16-15-22(3)23(4)17-26/h5-17,21,27H,18-20H2,1-4H3,(H,30,33)/t27-/m0/s1. The summed E-state index contributed by atoms with van der Waals surface area (Å²) in [6.45, 7) is 8.38. The highest BCUT2D eigenvalue weighted by Crippen LogP contribution is 2.18. The van der Waals surface area contributed by atoms with E-state index in [1.54, 1.807) is 4.90 Å². The lowest BCUT2D eigenvalue weighted by atomic mass is 10.00. The van der Waals surface area contributed by atoms with Crippen molar-refractivity contribution < 1.29 is 9.59 Å². The predicted molar refractivity (Wildman–Crippen MR) is 134 cm³/mol. The van der Waals surface area contributed by atoms with E-state index in [0.29, 0.717) is 13.0 Å². The molecular formula is C29H34N2O2. The van der Waals surface area contributed by atoms with Crippen LogP contribution in [-0.2, 0) is 29.0 Å². The van der Waals surface area contributed by atoms with Crippen molar-refractivity contribution in [2.45, 2.75) is 59.2 Å². The minimum atomic E-state index is -0.603. The number of rotatable bonds is 9. The molecule has 0 aliphatic rings. The first-order chi connectivity index (χ1) is 15.8. The molecule has 0 fully saturated rings. The monoisotopic (exact) mass is 442 g/mol. The van der Waals surface area contributed by atoms with Gasteiger partial charge in [0.25, 0.3) is 0 Å². The molecule has 172 valence electrons. The van der Waals surface area contributed by atoms with Crippen LogP contribution >= 0.6 is 0 Å². The van der Waals surface area contributed by atoms with Gasteiger partial charge in [-0.25, -0.2) is 0 Å². The fraction of sp³-hybridized carbons (Fsp3) is 0.310. The molecule has 0 bridgehead atoms. The Kier molecular flexibility index (Phi) is 8.42. The van der Waals surface area contributed by atoms with Crippen molar-refractivity contribution in [1.29, 1.82) is 0 Å². The number of hydrogen-bond acceptors (Lipinski definition) is 2. The second-order valence-corrected chi connectivity index (χ2v) is 8.97. The van der Waals surface area contributed by atoms with E-state index in [2.05, 4.69) is 25.2 Å². The van der Waals surface area contributed by atoms with E-state index in [9.17, 15) is 9.59 Å². The molecule has 0 saturated carbocycles. The minimum Gasteiger partial charge on any atom is -0.352 e. The van der Waals surface area contributed by atoms with Gasteiger partial charge in [-0.15, -0.1) is 0 Å². The van der Waals surface area contributed by atoms with Gasteiger partial charge in [0, 0.05) is 19.0 Å². The Labute approximate surface area is 197 Å². The first-order valence-corrected chi connectivity index (χ1v) is 11.6. The molecule has 3 rings (SSSR count).